The van der Waals surface area contributed by atoms with Gasteiger partial charge in [0.05, 0.1) is 5.69 Å². The van der Waals surface area contributed by atoms with Crippen LogP contribution in [0.2, 0.25) is 0 Å². The van der Waals surface area contributed by atoms with Crippen molar-refractivity contribution in [1.29, 1.82) is 0 Å². The molecule has 1 aliphatic heterocycles. The van der Waals surface area contributed by atoms with Crippen molar-refractivity contribution in [2.45, 2.75) is 25.2 Å². The third kappa shape index (κ3) is 3.24. The average Bonchev–Trinajstić information content (AvgIpc) is 2.85. The van der Waals surface area contributed by atoms with Crippen LogP contribution in [0.25, 0.3) is 0 Å². The highest BCUT2D eigenvalue weighted by molar-refractivity contribution is 7.99. The van der Waals surface area contributed by atoms with Crippen LogP contribution in [0.5, 0.6) is 0 Å². The molecule has 0 radical (unpaired) electrons. The first kappa shape index (κ1) is 14.7. The highest BCUT2D eigenvalue weighted by Gasteiger charge is 2.23. The molecule has 1 aromatic rings. The number of rotatable bonds is 4. The van der Waals surface area contributed by atoms with Gasteiger partial charge in [0.15, 0.2) is 0 Å². The number of hydrogen-bond donors (Lipinski definition) is 2. The molecule has 1 aromatic carbocycles. The van der Waals surface area contributed by atoms with Gasteiger partial charge in [-0.05, 0) is 48.8 Å². The molecule has 0 saturated carbocycles. The van der Waals surface area contributed by atoms with Crippen molar-refractivity contribution in [3.63, 3.8) is 0 Å². The monoisotopic (exact) mass is 300 g/mol. The van der Waals surface area contributed by atoms with Crippen molar-refractivity contribution in [2.75, 3.05) is 23.8 Å². The zero-order chi connectivity index (χ0) is 14.0. The van der Waals surface area contributed by atoms with Gasteiger partial charge in [-0.15, -0.1) is 0 Å². The number of thioether (sulfide) groups is 1. The van der Waals surface area contributed by atoms with Gasteiger partial charge in [0.2, 0.25) is 10.0 Å². The molecule has 0 amide bonds. The van der Waals surface area contributed by atoms with Crippen LogP contribution in [0, 0.1) is 19.8 Å². The number of nitrogens with two attached hydrogens (primary N) is 1. The third-order valence-electron chi connectivity index (χ3n) is 3.47. The van der Waals surface area contributed by atoms with Gasteiger partial charge in [-0.3, -0.25) is 0 Å². The molecule has 2 rings (SSSR count). The second-order valence-corrected chi connectivity index (χ2v) is 7.88. The zero-order valence-electron chi connectivity index (χ0n) is 11.3. The lowest BCUT2D eigenvalue weighted by molar-refractivity contribution is 0.545. The van der Waals surface area contributed by atoms with Crippen LogP contribution in [-0.4, -0.2) is 26.5 Å². The number of hydrogen-bond acceptors (Lipinski definition) is 4. The van der Waals surface area contributed by atoms with E-state index in [9.17, 15) is 8.42 Å². The Morgan fingerprint density at radius 1 is 1.37 bits per heavy atom. The summed E-state index contributed by atoms with van der Waals surface area (Å²) in [5.74, 6) is 2.59. The summed E-state index contributed by atoms with van der Waals surface area (Å²) in [4.78, 5) is 0.234. The van der Waals surface area contributed by atoms with Crippen molar-refractivity contribution >= 4 is 27.5 Å². The van der Waals surface area contributed by atoms with E-state index < -0.39 is 10.0 Å². The maximum atomic E-state index is 12.4. The first-order valence-electron chi connectivity index (χ1n) is 6.35. The summed E-state index contributed by atoms with van der Waals surface area (Å²) >= 11 is 1.88. The molecule has 1 unspecified atom stereocenters. The zero-order valence-corrected chi connectivity index (χ0v) is 12.9. The molecule has 1 aliphatic rings. The minimum absolute atomic E-state index is 0.234. The van der Waals surface area contributed by atoms with Crippen LogP contribution in [0.15, 0.2) is 17.0 Å². The minimum Gasteiger partial charge on any atom is -0.397 e. The molecule has 0 spiro atoms. The second-order valence-electron chi connectivity index (χ2n) is 5.02. The van der Waals surface area contributed by atoms with Gasteiger partial charge in [-0.25, -0.2) is 13.1 Å². The molecule has 1 atom stereocenters. The first-order chi connectivity index (χ1) is 8.92. The maximum absolute atomic E-state index is 12.4. The third-order valence-corrected chi connectivity index (χ3v) is 6.32. The summed E-state index contributed by atoms with van der Waals surface area (Å²) in [5, 5.41) is 0. The van der Waals surface area contributed by atoms with Crippen molar-refractivity contribution in [3.05, 3.63) is 23.3 Å². The Kier molecular flexibility index (Phi) is 4.43. The summed E-state index contributed by atoms with van der Waals surface area (Å²) in [7, 11) is -3.52. The molecule has 0 aromatic heterocycles. The Morgan fingerprint density at radius 3 is 2.68 bits per heavy atom. The predicted molar refractivity (Wildman–Crippen MR) is 80.9 cm³/mol. The summed E-state index contributed by atoms with van der Waals surface area (Å²) in [6.07, 6.45) is 1.08. The number of aryl methyl sites for hydroxylation is 2. The highest BCUT2D eigenvalue weighted by Crippen LogP contribution is 2.27. The minimum atomic E-state index is -3.52. The van der Waals surface area contributed by atoms with E-state index in [1.54, 1.807) is 13.0 Å². The lowest BCUT2D eigenvalue weighted by Crippen LogP contribution is -2.30. The Balaban J connectivity index is 2.21. The van der Waals surface area contributed by atoms with E-state index >= 15 is 0 Å². The number of anilines is 1. The topological polar surface area (TPSA) is 72.2 Å². The molecule has 1 saturated heterocycles. The average molecular weight is 300 g/mol. The fourth-order valence-corrected chi connectivity index (χ4v) is 5.03. The van der Waals surface area contributed by atoms with E-state index in [0.717, 1.165) is 23.5 Å². The number of nitrogens with one attached hydrogen (secondary N) is 1. The van der Waals surface area contributed by atoms with Crippen LogP contribution in [0.1, 0.15) is 17.5 Å². The van der Waals surface area contributed by atoms with Gasteiger partial charge in [0, 0.05) is 6.54 Å². The lowest BCUT2D eigenvalue weighted by atomic mass is 10.1. The van der Waals surface area contributed by atoms with Crippen molar-refractivity contribution in [1.82, 2.24) is 4.72 Å². The molecular formula is C13H20N2O2S2. The van der Waals surface area contributed by atoms with Gasteiger partial charge in [0.1, 0.15) is 4.90 Å². The van der Waals surface area contributed by atoms with Crippen LogP contribution in [0.4, 0.5) is 5.69 Å². The van der Waals surface area contributed by atoms with E-state index in [-0.39, 0.29) is 4.90 Å². The number of benzene rings is 1. The van der Waals surface area contributed by atoms with E-state index in [1.165, 1.54) is 0 Å². The van der Waals surface area contributed by atoms with Crippen LogP contribution in [-0.2, 0) is 10.0 Å². The van der Waals surface area contributed by atoms with Crippen LogP contribution < -0.4 is 10.5 Å². The molecular weight excluding hydrogens is 280 g/mol. The van der Waals surface area contributed by atoms with Gasteiger partial charge >= 0.3 is 0 Å². The van der Waals surface area contributed by atoms with Gasteiger partial charge < -0.3 is 5.73 Å². The maximum Gasteiger partial charge on any atom is 0.242 e. The summed E-state index contributed by atoms with van der Waals surface area (Å²) < 4.78 is 27.5. The molecule has 1 heterocycles. The molecule has 4 nitrogen and oxygen atoms in total. The van der Waals surface area contributed by atoms with Crippen molar-refractivity contribution in [2.24, 2.45) is 5.92 Å². The predicted octanol–water partition coefficient (Wildman–Crippen LogP) is 1.92. The smallest absolute Gasteiger partial charge is 0.242 e. The number of sulfonamides is 1. The quantitative estimate of drug-likeness (QED) is 0.833. The van der Waals surface area contributed by atoms with Gasteiger partial charge in [-0.2, -0.15) is 11.8 Å². The van der Waals surface area contributed by atoms with Crippen molar-refractivity contribution < 1.29 is 8.42 Å². The largest absolute Gasteiger partial charge is 0.397 e. The lowest BCUT2D eigenvalue weighted by Gasteiger charge is -2.15. The summed E-state index contributed by atoms with van der Waals surface area (Å²) in [6.45, 7) is 4.10. The molecule has 106 valence electrons. The molecule has 3 N–H and O–H groups in total. The molecule has 6 heteroatoms. The van der Waals surface area contributed by atoms with Gasteiger partial charge in [0.25, 0.3) is 0 Å². The molecule has 19 heavy (non-hydrogen) atoms. The SMILES string of the molecule is Cc1ccc(C)c(S(=O)(=O)NCC2CCSC2)c1N. The normalized spacial score (nSPS) is 19.8. The molecule has 0 aliphatic carbocycles. The Labute approximate surface area is 119 Å². The van der Waals surface area contributed by atoms with Gasteiger partial charge in [-0.1, -0.05) is 12.1 Å². The highest BCUT2D eigenvalue weighted by atomic mass is 32.2. The Morgan fingerprint density at radius 2 is 2.05 bits per heavy atom. The van der Waals surface area contributed by atoms with Crippen LogP contribution in [0.3, 0.4) is 0 Å². The first-order valence-corrected chi connectivity index (χ1v) is 8.98. The van der Waals surface area contributed by atoms with E-state index in [1.807, 2.05) is 24.8 Å². The molecule has 0 bridgehead atoms. The van der Waals surface area contributed by atoms with Crippen molar-refractivity contribution in [3.8, 4) is 0 Å². The molecule has 1 fully saturated rings. The Hall–Kier alpha value is -0.720. The fraction of sp³-hybridized carbons (Fsp3) is 0.538. The van der Waals surface area contributed by atoms with E-state index in [2.05, 4.69) is 4.72 Å². The van der Waals surface area contributed by atoms with E-state index in [0.29, 0.717) is 23.7 Å². The van der Waals surface area contributed by atoms with E-state index in [4.69, 9.17) is 5.73 Å². The number of nitrogen functional groups attached to an aromatic ring is 1. The Bertz CT molecular complexity index is 564. The summed E-state index contributed by atoms with van der Waals surface area (Å²) in [5.41, 5.74) is 7.77. The van der Waals surface area contributed by atoms with Crippen LogP contribution >= 0.6 is 11.8 Å². The standard InChI is InChI=1S/C13H20N2O2S2/c1-9-3-4-10(2)13(12(9)14)19(16,17)15-7-11-5-6-18-8-11/h3-4,11,15H,5-8,14H2,1-2H3. The fourth-order valence-electron chi connectivity index (χ4n) is 2.21. The summed E-state index contributed by atoms with van der Waals surface area (Å²) in [6, 6.07) is 3.64. The second kappa shape index (κ2) is 5.73.